The minimum Gasteiger partial charge on any atom is -0.363 e. The van der Waals surface area contributed by atoms with Gasteiger partial charge in [0.25, 0.3) is 0 Å². The second-order valence-electron chi connectivity index (χ2n) is 7.79. The maximum absolute atomic E-state index is 4.74. The molecule has 1 aromatic heterocycles. The van der Waals surface area contributed by atoms with Crippen molar-refractivity contribution in [3.05, 3.63) is 35.9 Å². The number of halogens is 1. The van der Waals surface area contributed by atoms with Gasteiger partial charge in [0, 0.05) is 46.2 Å². The van der Waals surface area contributed by atoms with Crippen LogP contribution in [0.3, 0.4) is 0 Å². The van der Waals surface area contributed by atoms with Crippen molar-refractivity contribution in [2.45, 2.75) is 26.8 Å². The summed E-state index contributed by atoms with van der Waals surface area (Å²) >= 11 is 0. The van der Waals surface area contributed by atoms with E-state index >= 15 is 0 Å². The van der Waals surface area contributed by atoms with Gasteiger partial charge in [-0.1, -0.05) is 32.0 Å². The number of pyridine rings is 1. The molecule has 0 amide bonds. The van der Waals surface area contributed by atoms with Crippen LogP contribution in [0.2, 0.25) is 0 Å². The van der Waals surface area contributed by atoms with Crippen molar-refractivity contribution in [2.75, 3.05) is 39.1 Å². The number of benzene rings is 1. The van der Waals surface area contributed by atoms with E-state index in [4.69, 9.17) is 4.98 Å². The molecule has 142 valence electrons. The summed E-state index contributed by atoms with van der Waals surface area (Å²) in [4.78, 5) is 13.6. The van der Waals surface area contributed by atoms with E-state index in [9.17, 15) is 0 Å². The molecule has 5 nitrogen and oxygen atoms in total. The second kappa shape index (κ2) is 8.41. The summed E-state index contributed by atoms with van der Waals surface area (Å²) in [6, 6.07) is 10.5. The molecule has 6 heteroatoms. The first kappa shape index (κ1) is 20.7. The Hall–Kier alpha value is -1.57. The maximum atomic E-state index is 4.74. The molecule has 3 rings (SSSR count). The first-order valence-electron chi connectivity index (χ1n) is 8.91. The zero-order chi connectivity index (χ0) is 18.0. The molecule has 1 aliphatic rings. The summed E-state index contributed by atoms with van der Waals surface area (Å²) in [5.41, 5.74) is 2.63. The van der Waals surface area contributed by atoms with Gasteiger partial charge in [-0.05, 0) is 29.5 Å². The molecule has 1 fully saturated rings. The minimum atomic E-state index is 0. The van der Waals surface area contributed by atoms with Crippen LogP contribution in [0, 0.1) is 5.41 Å². The molecule has 0 spiro atoms. The van der Waals surface area contributed by atoms with Crippen LogP contribution >= 0.6 is 24.0 Å². The molecule has 26 heavy (non-hydrogen) atoms. The van der Waals surface area contributed by atoms with E-state index in [2.05, 4.69) is 53.3 Å². The van der Waals surface area contributed by atoms with Crippen molar-refractivity contribution in [3.63, 3.8) is 0 Å². The average molecular weight is 467 g/mol. The summed E-state index contributed by atoms with van der Waals surface area (Å²) < 4.78 is 0. The molecule has 0 bridgehead atoms. The largest absolute Gasteiger partial charge is 0.363 e. The highest BCUT2D eigenvalue weighted by molar-refractivity contribution is 14.0. The molecular formula is C20H30IN5. The Morgan fingerprint density at radius 1 is 1.31 bits per heavy atom. The molecule has 1 saturated heterocycles. The number of guanidine groups is 1. The van der Waals surface area contributed by atoms with Crippen molar-refractivity contribution in [1.29, 1.82) is 0 Å². The van der Waals surface area contributed by atoms with Crippen molar-refractivity contribution < 1.29 is 0 Å². The van der Waals surface area contributed by atoms with Gasteiger partial charge < -0.3 is 15.1 Å². The number of fused-ring (bicyclic) bond motifs is 1. The predicted octanol–water partition coefficient (Wildman–Crippen LogP) is 3.73. The van der Waals surface area contributed by atoms with Crippen LogP contribution in [0.1, 0.15) is 25.8 Å². The van der Waals surface area contributed by atoms with Crippen LogP contribution in [0.5, 0.6) is 0 Å². The van der Waals surface area contributed by atoms with Gasteiger partial charge in [-0.2, -0.15) is 0 Å². The smallest absolute Gasteiger partial charge is 0.193 e. The molecule has 0 radical (unpaired) electrons. The van der Waals surface area contributed by atoms with Crippen molar-refractivity contribution in [1.82, 2.24) is 15.2 Å². The van der Waals surface area contributed by atoms with Crippen molar-refractivity contribution in [3.8, 4) is 0 Å². The van der Waals surface area contributed by atoms with Crippen LogP contribution in [0.15, 0.2) is 35.3 Å². The van der Waals surface area contributed by atoms with E-state index in [1.807, 2.05) is 32.1 Å². The van der Waals surface area contributed by atoms with Gasteiger partial charge in [0.1, 0.15) is 5.82 Å². The van der Waals surface area contributed by atoms with Gasteiger partial charge in [-0.25, -0.2) is 4.98 Å². The van der Waals surface area contributed by atoms with Gasteiger partial charge in [0.2, 0.25) is 0 Å². The molecule has 1 aliphatic heterocycles. The summed E-state index contributed by atoms with van der Waals surface area (Å²) in [5.74, 6) is 1.96. The summed E-state index contributed by atoms with van der Waals surface area (Å²) in [7, 11) is 5.92. The van der Waals surface area contributed by atoms with Gasteiger partial charge in [-0.3, -0.25) is 4.99 Å². The van der Waals surface area contributed by atoms with E-state index in [1.165, 1.54) is 17.4 Å². The second-order valence-corrected chi connectivity index (χ2v) is 7.79. The highest BCUT2D eigenvalue weighted by Gasteiger charge is 2.30. The highest BCUT2D eigenvalue weighted by atomic mass is 127. The fourth-order valence-electron chi connectivity index (χ4n) is 3.41. The number of hydrogen-bond acceptors (Lipinski definition) is 3. The molecule has 2 heterocycles. The van der Waals surface area contributed by atoms with E-state index in [-0.39, 0.29) is 24.0 Å². The quantitative estimate of drug-likeness (QED) is 0.425. The first-order chi connectivity index (χ1) is 11.9. The Bertz CT molecular complexity index is 785. The molecule has 1 aromatic carbocycles. The number of para-hydroxylation sites is 1. The number of rotatable bonds is 3. The minimum absolute atomic E-state index is 0. The molecule has 2 aromatic rings. The third-order valence-corrected chi connectivity index (χ3v) is 4.87. The van der Waals surface area contributed by atoms with Gasteiger partial charge in [-0.15, -0.1) is 24.0 Å². The molecule has 0 aliphatic carbocycles. The lowest BCUT2D eigenvalue weighted by molar-refractivity contribution is 0.370. The van der Waals surface area contributed by atoms with E-state index in [0.29, 0.717) is 5.41 Å². The number of aliphatic imine (C=N–C) groups is 1. The van der Waals surface area contributed by atoms with Crippen LogP contribution in [0.4, 0.5) is 5.82 Å². The fourth-order valence-corrected chi connectivity index (χ4v) is 3.41. The monoisotopic (exact) mass is 467 g/mol. The third-order valence-electron chi connectivity index (χ3n) is 4.87. The van der Waals surface area contributed by atoms with Gasteiger partial charge in [0.05, 0.1) is 5.52 Å². The summed E-state index contributed by atoms with van der Waals surface area (Å²) in [5, 5.41) is 4.75. The Labute approximate surface area is 173 Å². The van der Waals surface area contributed by atoms with Crippen molar-refractivity contribution >= 4 is 46.7 Å². The van der Waals surface area contributed by atoms with Crippen LogP contribution < -0.4 is 10.2 Å². The number of anilines is 1. The van der Waals surface area contributed by atoms with E-state index in [1.54, 1.807) is 0 Å². The number of hydrogen-bond donors (Lipinski definition) is 1. The molecular weight excluding hydrogens is 437 g/mol. The number of aromatic nitrogens is 1. The van der Waals surface area contributed by atoms with Crippen molar-refractivity contribution in [2.24, 2.45) is 10.4 Å². The molecule has 1 N–H and O–H groups in total. The zero-order valence-electron chi connectivity index (χ0n) is 16.4. The van der Waals surface area contributed by atoms with Gasteiger partial charge >= 0.3 is 0 Å². The highest BCUT2D eigenvalue weighted by Crippen LogP contribution is 2.29. The summed E-state index contributed by atoms with van der Waals surface area (Å²) in [6.45, 7) is 7.49. The Balaban J connectivity index is 0.00000243. The number of likely N-dealkylation sites (tertiary alicyclic amines) is 1. The Morgan fingerprint density at radius 3 is 2.65 bits per heavy atom. The predicted molar refractivity (Wildman–Crippen MR) is 122 cm³/mol. The lowest BCUT2D eigenvalue weighted by atomic mass is 9.93. The average Bonchev–Trinajstić information content (AvgIpc) is 2.94. The molecule has 0 atom stereocenters. The Morgan fingerprint density at radius 2 is 2.04 bits per heavy atom. The lowest BCUT2D eigenvalue weighted by Gasteiger charge is -2.24. The normalized spacial score (nSPS) is 16.5. The SMILES string of the molecule is CN=C(NCc1cc(N(C)C)nc2ccccc12)N1CCC(C)(C)C1.I. The molecule has 0 unspecified atom stereocenters. The Kier molecular flexibility index (Phi) is 6.71. The van der Waals surface area contributed by atoms with Gasteiger partial charge in [0.15, 0.2) is 5.96 Å². The summed E-state index contributed by atoms with van der Waals surface area (Å²) in [6.07, 6.45) is 1.21. The van der Waals surface area contributed by atoms with E-state index < -0.39 is 0 Å². The number of nitrogens with one attached hydrogen (secondary N) is 1. The topological polar surface area (TPSA) is 43.8 Å². The standard InChI is InChI=1S/C20H29N5.HI/c1-20(2)10-11-25(14-20)19(21-3)22-13-15-12-18(24(4)5)23-17-9-7-6-8-16(15)17;/h6-9,12H,10-11,13-14H2,1-5H3,(H,21,22);1H. The van der Waals surface area contributed by atoms with Crippen LogP contribution in [-0.4, -0.2) is 50.1 Å². The van der Waals surface area contributed by atoms with E-state index in [0.717, 1.165) is 36.9 Å². The first-order valence-corrected chi connectivity index (χ1v) is 8.91. The third kappa shape index (κ3) is 4.58. The van der Waals surface area contributed by atoms with Crippen LogP contribution in [0.25, 0.3) is 10.9 Å². The zero-order valence-corrected chi connectivity index (χ0v) is 18.7. The number of nitrogens with zero attached hydrogens (tertiary/aromatic N) is 4. The maximum Gasteiger partial charge on any atom is 0.193 e. The van der Waals surface area contributed by atoms with Crippen LogP contribution in [-0.2, 0) is 6.54 Å². The fraction of sp³-hybridized carbons (Fsp3) is 0.500. The molecule has 0 saturated carbocycles. The lowest BCUT2D eigenvalue weighted by Crippen LogP contribution is -2.40.